The normalized spacial score (nSPS) is 22.9. The molecule has 3 rings (SSSR count). The Kier molecular flexibility index (Phi) is 4.36. The maximum Gasteiger partial charge on any atom is 0.223 e. The van der Waals surface area contributed by atoms with Crippen LogP contribution in [0.1, 0.15) is 35.7 Å². The van der Waals surface area contributed by atoms with E-state index in [1.54, 1.807) is 11.3 Å². The Morgan fingerprint density at radius 1 is 1.19 bits per heavy atom. The van der Waals surface area contributed by atoms with Crippen LogP contribution < -0.4 is 11.1 Å². The van der Waals surface area contributed by atoms with E-state index in [1.165, 1.54) is 0 Å². The molecule has 0 radical (unpaired) electrons. The first-order chi connectivity index (χ1) is 10.2. The standard InChI is InChI=1S/C17H20N2OS/c18-14-9-8-13(11-14)17(20)19-16(15-7-4-10-21-15)12-5-2-1-3-6-12/h1-7,10,13-14,16H,8-9,11,18H2,(H,19,20). The van der Waals surface area contributed by atoms with E-state index in [4.69, 9.17) is 5.73 Å². The summed E-state index contributed by atoms with van der Waals surface area (Å²) < 4.78 is 0. The van der Waals surface area contributed by atoms with Gasteiger partial charge >= 0.3 is 0 Å². The Morgan fingerprint density at radius 3 is 2.62 bits per heavy atom. The van der Waals surface area contributed by atoms with Crippen LogP contribution in [0.4, 0.5) is 0 Å². The second-order valence-electron chi connectivity index (χ2n) is 5.64. The van der Waals surface area contributed by atoms with Gasteiger partial charge in [-0.3, -0.25) is 4.79 Å². The van der Waals surface area contributed by atoms with Crippen molar-refractivity contribution in [1.82, 2.24) is 5.32 Å². The van der Waals surface area contributed by atoms with Crippen LogP contribution in [-0.2, 0) is 4.79 Å². The zero-order valence-electron chi connectivity index (χ0n) is 11.9. The minimum Gasteiger partial charge on any atom is -0.344 e. The minimum absolute atomic E-state index is 0.0597. The van der Waals surface area contributed by atoms with Gasteiger partial charge in [0, 0.05) is 16.8 Å². The van der Waals surface area contributed by atoms with Crippen molar-refractivity contribution >= 4 is 17.2 Å². The molecule has 0 aliphatic heterocycles. The van der Waals surface area contributed by atoms with Crippen LogP contribution in [-0.4, -0.2) is 11.9 Å². The smallest absolute Gasteiger partial charge is 0.223 e. The lowest BCUT2D eigenvalue weighted by atomic mass is 10.0. The van der Waals surface area contributed by atoms with Crippen LogP contribution in [0, 0.1) is 5.92 Å². The molecule has 0 bridgehead atoms. The summed E-state index contributed by atoms with van der Waals surface area (Å²) in [6.45, 7) is 0. The molecule has 0 saturated heterocycles. The van der Waals surface area contributed by atoms with E-state index < -0.39 is 0 Å². The number of hydrogen-bond acceptors (Lipinski definition) is 3. The van der Waals surface area contributed by atoms with Gasteiger partial charge in [-0.15, -0.1) is 11.3 Å². The number of carbonyl (C=O) groups is 1. The first kappa shape index (κ1) is 14.3. The Hall–Kier alpha value is -1.65. The fourth-order valence-electron chi connectivity index (χ4n) is 2.93. The molecule has 21 heavy (non-hydrogen) atoms. The average molecular weight is 300 g/mol. The molecule has 0 spiro atoms. The van der Waals surface area contributed by atoms with Gasteiger partial charge in [0.25, 0.3) is 0 Å². The molecule has 1 aliphatic carbocycles. The summed E-state index contributed by atoms with van der Waals surface area (Å²) >= 11 is 1.67. The molecule has 2 aromatic rings. The number of nitrogens with one attached hydrogen (secondary N) is 1. The molecule has 3 atom stereocenters. The Bertz CT molecular complexity index is 582. The molecule has 4 heteroatoms. The maximum atomic E-state index is 12.5. The third-order valence-corrected chi connectivity index (χ3v) is 5.03. The lowest BCUT2D eigenvalue weighted by Crippen LogP contribution is -2.34. The van der Waals surface area contributed by atoms with Crippen LogP contribution in [0.2, 0.25) is 0 Å². The third-order valence-electron chi connectivity index (χ3n) is 4.09. The molecule has 110 valence electrons. The first-order valence-corrected chi connectivity index (χ1v) is 8.26. The Balaban J connectivity index is 1.79. The number of amides is 1. The summed E-state index contributed by atoms with van der Waals surface area (Å²) in [5.41, 5.74) is 7.04. The number of nitrogens with two attached hydrogens (primary N) is 1. The van der Waals surface area contributed by atoms with E-state index in [0.29, 0.717) is 0 Å². The van der Waals surface area contributed by atoms with E-state index in [0.717, 1.165) is 29.7 Å². The number of carbonyl (C=O) groups excluding carboxylic acids is 1. The molecule has 3 nitrogen and oxygen atoms in total. The van der Waals surface area contributed by atoms with E-state index >= 15 is 0 Å². The molecule has 1 heterocycles. The lowest BCUT2D eigenvalue weighted by molar-refractivity contribution is -0.125. The van der Waals surface area contributed by atoms with Gasteiger partial charge in [0.15, 0.2) is 0 Å². The SMILES string of the molecule is NC1CCC(C(=O)NC(c2ccccc2)c2cccs2)C1. The van der Waals surface area contributed by atoms with Crippen LogP contribution in [0.5, 0.6) is 0 Å². The quantitative estimate of drug-likeness (QED) is 0.911. The van der Waals surface area contributed by atoms with E-state index in [2.05, 4.69) is 23.5 Å². The third kappa shape index (κ3) is 3.34. The van der Waals surface area contributed by atoms with Crippen molar-refractivity contribution in [3.8, 4) is 0 Å². The molecule has 1 aromatic heterocycles. The molecule has 3 N–H and O–H groups in total. The number of rotatable bonds is 4. The summed E-state index contributed by atoms with van der Waals surface area (Å²) in [5, 5.41) is 5.26. The Labute approximate surface area is 129 Å². The van der Waals surface area contributed by atoms with Crippen molar-refractivity contribution in [3.05, 3.63) is 58.3 Å². The number of thiophene rings is 1. The second kappa shape index (κ2) is 6.41. The molecule has 1 aliphatic rings. The van der Waals surface area contributed by atoms with Crippen molar-refractivity contribution in [2.45, 2.75) is 31.3 Å². The average Bonchev–Trinajstić information content (AvgIpc) is 3.17. The monoisotopic (exact) mass is 300 g/mol. The van der Waals surface area contributed by atoms with Gasteiger partial charge in [0.1, 0.15) is 0 Å². The zero-order chi connectivity index (χ0) is 14.7. The van der Waals surface area contributed by atoms with Gasteiger partial charge in [0.05, 0.1) is 6.04 Å². The zero-order valence-corrected chi connectivity index (χ0v) is 12.7. The summed E-state index contributed by atoms with van der Waals surface area (Å²) in [5.74, 6) is 0.191. The fraction of sp³-hybridized carbons (Fsp3) is 0.353. The maximum absolute atomic E-state index is 12.5. The largest absolute Gasteiger partial charge is 0.344 e. The van der Waals surface area contributed by atoms with E-state index in [-0.39, 0.29) is 23.9 Å². The molecular weight excluding hydrogens is 280 g/mol. The predicted octanol–water partition coefficient (Wildman–Crippen LogP) is 3.08. The summed E-state index contributed by atoms with van der Waals surface area (Å²) in [7, 11) is 0. The molecule has 1 fully saturated rings. The van der Waals surface area contributed by atoms with Crippen molar-refractivity contribution in [1.29, 1.82) is 0 Å². The van der Waals surface area contributed by atoms with Crippen molar-refractivity contribution in [3.63, 3.8) is 0 Å². The molecule has 1 aromatic carbocycles. The highest BCUT2D eigenvalue weighted by Gasteiger charge is 2.29. The van der Waals surface area contributed by atoms with Gasteiger partial charge < -0.3 is 11.1 Å². The minimum atomic E-state index is -0.0597. The van der Waals surface area contributed by atoms with Gasteiger partial charge in [-0.25, -0.2) is 0 Å². The summed E-state index contributed by atoms with van der Waals surface area (Å²) in [4.78, 5) is 13.7. The van der Waals surface area contributed by atoms with Gasteiger partial charge in [-0.1, -0.05) is 36.4 Å². The number of benzene rings is 1. The summed E-state index contributed by atoms with van der Waals surface area (Å²) in [6, 6.07) is 14.3. The van der Waals surface area contributed by atoms with Crippen molar-refractivity contribution in [2.75, 3.05) is 0 Å². The van der Waals surface area contributed by atoms with Crippen molar-refractivity contribution < 1.29 is 4.79 Å². The Morgan fingerprint density at radius 2 is 2.00 bits per heavy atom. The van der Waals surface area contributed by atoms with Gasteiger partial charge in [0.2, 0.25) is 5.91 Å². The molecule has 3 unspecified atom stereocenters. The predicted molar refractivity (Wildman–Crippen MR) is 86.1 cm³/mol. The molecule has 1 saturated carbocycles. The summed E-state index contributed by atoms with van der Waals surface area (Å²) in [6.07, 6.45) is 2.66. The van der Waals surface area contributed by atoms with Crippen molar-refractivity contribution in [2.24, 2.45) is 11.7 Å². The highest BCUT2D eigenvalue weighted by atomic mass is 32.1. The lowest BCUT2D eigenvalue weighted by Gasteiger charge is -2.20. The number of hydrogen-bond donors (Lipinski definition) is 2. The molecule has 1 amide bonds. The van der Waals surface area contributed by atoms with Gasteiger partial charge in [-0.05, 0) is 36.3 Å². The topological polar surface area (TPSA) is 55.1 Å². The van der Waals surface area contributed by atoms with Crippen LogP contribution in [0.15, 0.2) is 47.8 Å². The highest BCUT2D eigenvalue weighted by molar-refractivity contribution is 7.10. The first-order valence-electron chi connectivity index (χ1n) is 7.38. The van der Waals surface area contributed by atoms with E-state index in [1.807, 2.05) is 29.6 Å². The van der Waals surface area contributed by atoms with Gasteiger partial charge in [-0.2, -0.15) is 0 Å². The second-order valence-corrected chi connectivity index (χ2v) is 6.62. The fourth-order valence-corrected chi connectivity index (χ4v) is 3.74. The molecular formula is C17H20N2OS. The van der Waals surface area contributed by atoms with Crippen LogP contribution in [0.25, 0.3) is 0 Å². The van der Waals surface area contributed by atoms with E-state index in [9.17, 15) is 4.79 Å². The van der Waals surface area contributed by atoms with Crippen LogP contribution >= 0.6 is 11.3 Å². The van der Waals surface area contributed by atoms with Crippen LogP contribution in [0.3, 0.4) is 0 Å². The highest BCUT2D eigenvalue weighted by Crippen LogP contribution is 2.29.